The topological polar surface area (TPSA) is 47.0 Å². The number of fused-ring (bicyclic) bond motifs is 1. The average Bonchev–Trinajstić information content (AvgIpc) is 2.53. The lowest BCUT2D eigenvalue weighted by Gasteiger charge is -2.10. The molecule has 0 aliphatic carbocycles. The van der Waals surface area contributed by atoms with Gasteiger partial charge in [-0.25, -0.2) is 23.1 Å². The third-order valence-corrected chi connectivity index (χ3v) is 3.14. The van der Waals surface area contributed by atoms with Crippen LogP contribution in [0.3, 0.4) is 0 Å². The van der Waals surface area contributed by atoms with Crippen LogP contribution in [0.4, 0.5) is 19.0 Å². The lowest BCUT2D eigenvalue weighted by atomic mass is 10.2. The van der Waals surface area contributed by atoms with Crippen molar-refractivity contribution < 1.29 is 17.9 Å². The highest BCUT2D eigenvalue weighted by atomic mass is 19.1. The predicted molar refractivity (Wildman–Crippen MR) is 79.8 cm³/mol. The van der Waals surface area contributed by atoms with Gasteiger partial charge in [-0.3, -0.25) is 0 Å². The van der Waals surface area contributed by atoms with Crippen molar-refractivity contribution >= 4 is 16.7 Å². The van der Waals surface area contributed by atoms with Crippen LogP contribution in [-0.2, 0) is 0 Å². The zero-order valence-electron chi connectivity index (χ0n) is 11.9. The van der Waals surface area contributed by atoms with E-state index in [9.17, 15) is 13.2 Å². The molecule has 7 heteroatoms. The molecular formula is C16H12F3N3O. The number of benzene rings is 2. The summed E-state index contributed by atoms with van der Waals surface area (Å²) in [6.07, 6.45) is 1.36. The lowest BCUT2D eigenvalue weighted by Crippen LogP contribution is -2.13. The van der Waals surface area contributed by atoms with Crippen LogP contribution in [0.25, 0.3) is 10.9 Å². The number of anilines is 1. The first-order valence-corrected chi connectivity index (χ1v) is 6.85. The van der Waals surface area contributed by atoms with Gasteiger partial charge in [0.1, 0.15) is 30.4 Å². The highest BCUT2D eigenvalue weighted by Gasteiger charge is 2.06. The third-order valence-electron chi connectivity index (χ3n) is 3.14. The summed E-state index contributed by atoms with van der Waals surface area (Å²) in [6, 6.07) is 7.30. The van der Waals surface area contributed by atoms with Gasteiger partial charge >= 0.3 is 0 Å². The Kier molecular flexibility index (Phi) is 4.27. The number of hydrogen-bond donors (Lipinski definition) is 1. The van der Waals surface area contributed by atoms with Crippen molar-refractivity contribution in [2.75, 3.05) is 18.5 Å². The lowest BCUT2D eigenvalue weighted by molar-refractivity contribution is 0.314. The molecule has 0 amide bonds. The zero-order valence-corrected chi connectivity index (χ0v) is 11.9. The molecule has 0 radical (unpaired) electrons. The average molecular weight is 319 g/mol. The van der Waals surface area contributed by atoms with Gasteiger partial charge in [0.15, 0.2) is 11.6 Å². The number of nitrogens with one attached hydrogen (secondary N) is 1. The van der Waals surface area contributed by atoms with E-state index in [1.807, 2.05) is 0 Å². The van der Waals surface area contributed by atoms with E-state index in [2.05, 4.69) is 15.3 Å². The van der Waals surface area contributed by atoms with Gasteiger partial charge in [0.2, 0.25) is 0 Å². The summed E-state index contributed by atoms with van der Waals surface area (Å²) >= 11 is 0. The molecule has 0 spiro atoms. The number of rotatable bonds is 5. The van der Waals surface area contributed by atoms with Crippen LogP contribution in [0.5, 0.6) is 5.75 Å². The van der Waals surface area contributed by atoms with Gasteiger partial charge in [-0.05, 0) is 30.3 Å². The Morgan fingerprint density at radius 3 is 2.57 bits per heavy atom. The van der Waals surface area contributed by atoms with Crippen LogP contribution in [0.15, 0.2) is 42.7 Å². The standard InChI is InChI=1S/C16H12F3N3O/c17-10-1-3-14-12(7-10)16(22-9-21-14)20-5-6-23-15-4-2-11(18)8-13(15)19/h1-4,7-9H,5-6H2,(H,20,21,22). The first-order valence-electron chi connectivity index (χ1n) is 6.85. The molecule has 1 heterocycles. The molecule has 118 valence electrons. The van der Waals surface area contributed by atoms with Crippen LogP contribution in [-0.4, -0.2) is 23.1 Å². The predicted octanol–water partition coefficient (Wildman–Crippen LogP) is 3.54. The van der Waals surface area contributed by atoms with E-state index >= 15 is 0 Å². The molecule has 0 aliphatic rings. The van der Waals surface area contributed by atoms with E-state index in [4.69, 9.17) is 4.74 Å². The smallest absolute Gasteiger partial charge is 0.167 e. The fourth-order valence-electron chi connectivity index (χ4n) is 2.09. The Hall–Kier alpha value is -2.83. The second-order valence-electron chi connectivity index (χ2n) is 4.73. The second-order valence-corrected chi connectivity index (χ2v) is 4.73. The van der Waals surface area contributed by atoms with Gasteiger partial charge in [0, 0.05) is 11.5 Å². The molecule has 0 saturated heterocycles. The van der Waals surface area contributed by atoms with Crippen molar-refractivity contribution in [2.45, 2.75) is 0 Å². The Bertz CT molecular complexity index is 842. The van der Waals surface area contributed by atoms with Gasteiger partial charge < -0.3 is 10.1 Å². The van der Waals surface area contributed by atoms with E-state index in [-0.39, 0.29) is 18.2 Å². The van der Waals surface area contributed by atoms with Crippen molar-refractivity contribution in [3.05, 3.63) is 60.2 Å². The maximum Gasteiger partial charge on any atom is 0.167 e. The summed E-state index contributed by atoms with van der Waals surface area (Å²) in [7, 11) is 0. The summed E-state index contributed by atoms with van der Waals surface area (Å²) in [5.41, 5.74) is 0.606. The Morgan fingerprint density at radius 1 is 0.957 bits per heavy atom. The van der Waals surface area contributed by atoms with E-state index in [1.165, 1.54) is 24.5 Å². The molecule has 23 heavy (non-hydrogen) atoms. The molecule has 0 aliphatic heterocycles. The molecular weight excluding hydrogens is 307 g/mol. The molecule has 0 saturated carbocycles. The monoisotopic (exact) mass is 319 g/mol. The largest absolute Gasteiger partial charge is 0.489 e. The summed E-state index contributed by atoms with van der Waals surface area (Å²) in [5.74, 6) is -1.40. The van der Waals surface area contributed by atoms with Crippen LogP contribution < -0.4 is 10.1 Å². The van der Waals surface area contributed by atoms with Gasteiger partial charge in [0.25, 0.3) is 0 Å². The molecule has 0 fully saturated rings. The highest BCUT2D eigenvalue weighted by molar-refractivity contribution is 5.88. The highest BCUT2D eigenvalue weighted by Crippen LogP contribution is 2.20. The molecule has 0 atom stereocenters. The van der Waals surface area contributed by atoms with E-state index < -0.39 is 11.6 Å². The van der Waals surface area contributed by atoms with Gasteiger partial charge in [-0.2, -0.15) is 0 Å². The van der Waals surface area contributed by atoms with Crippen LogP contribution >= 0.6 is 0 Å². The molecule has 1 aromatic heterocycles. The van der Waals surface area contributed by atoms with Gasteiger partial charge in [-0.15, -0.1) is 0 Å². The first-order chi connectivity index (χ1) is 11.1. The van der Waals surface area contributed by atoms with Gasteiger partial charge in [0.05, 0.1) is 12.1 Å². The number of aromatic nitrogens is 2. The van der Waals surface area contributed by atoms with Crippen molar-refractivity contribution in [3.8, 4) is 5.75 Å². The maximum atomic E-state index is 13.4. The van der Waals surface area contributed by atoms with E-state index in [0.717, 1.165) is 12.1 Å². The number of ether oxygens (including phenoxy) is 1. The number of hydrogen-bond acceptors (Lipinski definition) is 4. The summed E-state index contributed by atoms with van der Waals surface area (Å²) in [4.78, 5) is 8.10. The van der Waals surface area contributed by atoms with Crippen LogP contribution in [0, 0.1) is 17.5 Å². The fourth-order valence-corrected chi connectivity index (χ4v) is 2.09. The summed E-state index contributed by atoms with van der Waals surface area (Å²) in [6.45, 7) is 0.433. The van der Waals surface area contributed by atoms with Crippen molar-refractivity contribution in [1.29, 1.82) is 0 Å². The SMILES string of the molecule is Fc1ccc(OCCNc2ncnc3ccc(F)cc23)c(F)c1. The summed E-state index contributed by atoms with van der Waals surface area (Å²) < 4.78 is 44.7. The summed E-state index contributed by atoms with van der Waals surface area (Å²) in [5, 5.41) is 3.52. The molecule has 0 unspecified atom stereocenters. The van der Waals surface area contributed by atoms with Crippen molar-refractivity contribution in [3.63, 3.8) is 0 Å². The molecule has 3 aromatic rings. The normalized spacial score (nSPS) is 10.7. The fraction of sp³-hybridized carbons (Fsp3) is 0.125. The molecule has 2 aromatic carbocycles. The minimum absolute atomic E-state index is 0.0354. The van der Waals surface area contributed by atoms with E-state index in [0.29, 0.717) is 23.3 Å². The molecule has 3 rings (SSSR count). The Labute approximate surface area is 129 Å². The molecule has 0 bridgehead atoms. The van der Waals surface area contributed by atoms with Crippen molar-refractivity contribution in [1.82, 2.24) is 9.97 Å². The Balaban J connectivity index is 1.64. The van der Waals surface area contributed by atoms with Crippen LogP contribution in [0.1, 0.15) is 0 Å². The third kappa shape index (κ3) is 3.50. The minimum Gasteiger partial charge on any atom is -0.489 e. The first kappa shape index (κ1) is 15.1. The molecule has 1 N–H and O–H groups in total. The Morgan fingerprint density at radius 2 is 1.74 bits per heavy atom. The van der Waals surface area contributed by atoms with E-state index in [1.54, 1.807) is 6.07 Å². The van der Waals surface area contributed by atoms with Crippen LogP contribution in [0.2, 0.25) is 0 Å². The number of halogens is 3. The maximum absolute atomic E-state index is 13.4. The van der Waals surface area contributed by atoms with Crippen molar-refractivity contribution in [2.24, 2.45) is 0 Å². The molecule has 4 nitrogen and oxygen atoms in total. The quantitative estimate of drug-likeness (QED) is 0.731. The zero-order chi connectivity index (χ0) is 16.2. The number of nitrogens with zero attached hydrogens (tertiary/aromatic N) is 2. The minimum atomic E-state index is -0.764. The van der Waals surface area contributed by atoms with Gasteiger partial charge in [-0.1, -0.05) is 0 Å². The second kappa shape index (κ2) is 6.51.